The van der Waals surface area contributed by atoms with Crippen LogP contribution in [-0.2, 0) is 4.79 Å². The number of aliphatic carboxylic acids is 1. The second kappa shape index (κ2) is 6.78. The molecular weight excluding hydrogens is 234 g/mol. The summed E-state index contributed by atoms with van der Waals surface area (Å²) in [5.74, 6) is 0.153. The zero-order valence-corrected chi connectivity index (χ0v) is 11.0. The minimum Gasteiger partial charge on any atom is -0.480 e. The Kier molecular flexibility index (Phi) is 5.35. The SMILES string of the molecule is CCCN(CC(=O)O)c1cc(OC(C)C)ncn1. The van der Waals surface area contributed by atoms with Crippen LogP contribution < -0.4 is 9.64 Å². The number of anilines is 1. The molecular formula is C12H19N3O3. The van der Waals surface area contributed by atoms with E-state index in [-0.39, 0.29) is 12.6 Å². The van der Waals surface area contributed by atoms with Crippen LogP contribution in [0.25, 0.3) is 0 Å². The maximum atomic E-state index is 10.8. The molecule has 0 aliphatic carbocycles. The summed E-state index contributed by atoms with van der Waals surface area (Å²) in [4.78, 5) is 20.6. The fourth-order valence-corrected chi connectivity index (χ4v) is 1.52. The van der Waals surface area contributed by atoms with Gasteiger partial charge in [-0.1, -0.05) is 6.92 Å². The first-order valence-corrected chi connectivity index (χ1v) is 5.98. The fourth-order valence-electron chi connectivity index (χ4n) is 1.52. The topological polar surface area (TPSA) is 75.6 Å². The van der Waals surface area contributed by atoms with Gasteiger partial charge in [-0.05, 0) is 20.3 Å². The Hall–Kier alpha value is -1.85. The van der Waals surface area contributed by atoms with Gasteiger partial charge >= 0.3 is 5.97 Å². The van der Waals surface area contributed by atoms with Crippen molar-refractivity contribution in [2.24, 2.45) is 0 Å². The standard InChI is InChI=1S/C12H19N3O3/c1-4-5-15(7-12(16)17)10-6-11(14-8-13-10)18-9(2)3/h6,8-9H,4-5,7H2,1-3H3,(H,16,17). The van der Waals surface area contributed by atoms with Crippen LogP contribution >= 0.6 is 0 Å². The first-order valence-electron chi connectivity index (χ1n) is 5.98. The van der Waals surface area contributed by atoms with Gasteiger partial charge < -0.3 is 14.7 Å². The Morgan fingerprint density at radius 1 is 1.50 bits per heavy atom. The predicted octanol–water partition coefficient (Wildman–Crippen LogP) is 1.56. The van der Waals surface area contributed by atoms with Crippen LogP contribution in [-0.4, -0.2) is 40.2 Å². The summed E-state index contributed by atoms with van der Waals surface area (Å²) in [6.07, 6.45) is 2.25. The second-order valence-corrected chi connectivity index (χ2v) is 4.20. The van der Waals surface area contributed by atoms with E-state index in [9.17, 15) is 4.79 Å². The molecule has 0 aromatic carbocycles. The highest BCUT2D eigenvalue weighted by Crippen LogP contribution is 2.16. The number of hydrogen-bond donors (Lipinski definition) is 1. The summed E-state index contributed by atoms with van der Waals surface area (Å²) in [5, 5.41) is 8.87. The van der Waals surface area contributed by atoms with Crippen molar-refractivity contribution in [3.8, 4) is 5.88 Å². The lowest BCUT2D eigenvalue weighted by Gasteiger charge is -2.21. The van der Waals surface area contributed by atoms with E-state index >= 15 is 0 Å². The Balaban J connectivity index is 2.86. The van der Waals surface area contributed by atoms with Gasteiger partial charge in [0.1, 0.15) is 18.7 Å². The smallest absolute Gasteiger partial charge is 0.323 e. The van der Waals surface area contributed by atoms with Gasteiger partial charge in [0.2, 0.25) is 5.88 Å². The number of ether oxygens (including phenoxy) is 1. The van der Waals surface area contributed by atoms with Crippen molar-refractivity contribution < 1.29 is 14.6 Å². The number of hydrogen-bond acceptors (Lipinski definition) is 5. The summed E-state index contributed by atoms with van der Waals surface area (Å²) >= 11 is 0. The molecule has 1 aromatic rings. The van der Waals surface area contributed by atoms with Crippen LogP contribution in [0, 0.1) is 0 Å². The maximum absolute atomic E-state index is 10.8. The van der Waals surface area contributed by atoms with E-state index in [0.29, 0.717) is 18.2 Å². The van der Waals surface area contributed by atoms with Crippen molar-refractivity contribution in [1.82, 2.24) is 9.97 Å². The van der Waals surface area contributed by atoms with Gasteiger partial charge in [0.05, 0.1) is 6.10 Å². The van der Waals surface area contributed by atoms with E-state index in [1.165, 1.54) is 6.33 Å². The van der Waals surface area contributed by atoms with Crippen molar-refractivity contribution in [1.29, 1.82) is 0 Å². The number of carboxylic acid groups (broad SMARTS) is 1. The average Bonchev–Trinajstić information content (AvgIpc) is 2.27. The Morgan fingerprint density at radius 2 is 2.22 bits per heavy atom. The highest BCUT2D eigenvalue weighted by Gasteiger charge is 2.12. The lowest BCUT2D eigenvalue weighted by atomic mass is 10.3. The van der Waals surface area contributed by atoms with Gasteiger partial charge in [-0.15, -0.1) is 0 Å². The highest BCUT2D eigenvalue weighted by atomic mass is 16.5. The molecule has 0 atom stereocenters. The van der Waals surface area contributed by atoms with Crippen molar-refractivity contribution >= 4 is 11.8 Å². The van der Waals surface area contributed by atoms with Crippen molar-refractivity contribution in [3.05, 3.63) is 12.4 Å². The van der Waals surface area contributed by atoms with Crippen LogP contribution in [0.15, 0.2) is 12.4 Å². The molecule has 0 unspecified atom stereocenters. The molecule has 0 saturated carbocycles. The molecule has 0 aliphatic heterocycles. The number of rotatable bonds is 7. The summed E-state index contributed by atoms with van der Waals surface area (Å²) in [6, 6.07) is 1.67. The van der Waals surface area contributed by atoms with Crippen LogP contribution in [0.2, 0.25) is 0 Å². The van der Waals surface area contributed by atoms with Crippen molar-refractivity contribution in [2.45, 2.75) is 33.3 Å². The molecule has 0 bridgehead atoms. The molecule has 6 heteroatoms. The minimum absolute atomic E-state index is 0.0202. The number of carboxylic acids is 1. The normalized spacial score (nSPS) is 10.4. The Morgan fingerprint density at radius 3 is 2.78 bits per heavy atom. The molecule has 18 heavy (non-hydrogen) atoms. The van der Waals surface area contributed by atoms with E-state index in [2.05, 4.69) is 9.97 Å². The zero-order chi connectivity index (χ0) is 13.5. The summed E-state index contributed by atoms with van der Waals surface area (Å²) < 4.78 is 5.46. The fraction of sp³-hybridized carbons (Fsp3) is 0.583. The zero-order valence-electron chi connectivity index (χ0n) is 11.0. The third-order valence-corrected chi connectivity index (χ3v) is 2.13. The first kappa shape index (κ1) is 14.2. The molecule has 0 amide bonds. The van der Waals surface area contributed by atoms with E-state index in [1.807, 2.05) is 20.8 Å². The predicted molar refractivity (Wildman–Crippen MR) is 67.9 cm³/mol. The van der Waals surface area contributed by atoms with Gasteiger partial charge in [-0.3, -0.25) is 4.79 Å². The number of carbonyl (C=O) groups is 1. The Bertz CT molecular complexity index is 396. The van der Waals surface area contributed by atoms with Crippen LogP contribution in [0.4, 0.5) is 5.82 Å². The lowest BCUT2D eigenvalue weighted by molar-refractivity contribution is -0.135. The molecule has 0 saturated heterocycles. The van der Waals surface area contributed by atoms with E-state index in [4.69, 9.17) is 9.84 Å². The molecule has 0 spiro atoms. The van der Waals surface area contributed by atoms with Gasteiger partial charge in [-0.2, -0.15) is 0 Å². The summed E-state index contributed by atoms with van der Waals surface area (Å²) in [7, 11) is 0. The maximum Gasteiger partial charge on any atom is 0.323 e. The van der Waals surface area contributed by atoms with Gasteiger partial charge in [-0.25, -0.2) is 9.97 Å². The van der Waals surface area contributed by atoms with Gasteiger partial charge in [0, 0.05) is 12.6 Å². The second-order valence-electron chi connectivity index (χ2n) is 4.20. The van der Waals surface area contributed by atoms with Gasteiger partial charge in [0.25, 0.3) is 0 Å². The van der Waals surface area contributed by atoms with E-state index < -0.39 is 5.97 Å². The molecule has 6 nitrogen and oxygen atoms in total. The monoisotopic (exact) mass is 253 g/mol. The average molecular weight is 253 g/mol. The van der Waals surface area contributed by atoms with Crippen molar-refractivity contribution in [3.63, 3.8) is 0 Å². The largest absolute Gasteiger partial charge is 0.480 e. The highest BCUT2D eigenvalue weighted by molar-refractivity contribution is 5.73. The van der Waals surface area contributed by atoms with E-state index in [1.54, 1.807) is 11.0 Å². The van der Waals surface area contributed by atoms with Crippen LogP contribution in [0.3, 0.4) is 0 Å². The Labute approximate surface area is 107 Å². The molecule has 1 N–H and O–H groups in total. The lowest BCUT2D eigenvalue weighted by Crippen LogP contribution is -2.31. The third-order valence-electron chi connectivity index (χ3n) is 2.13. The van der Waals surface area contributed by atoms with Crippen LogP contribution in [0.1, 0.15) is 27.2 Å². The van der Waals surface area contributed by atoms with Gasteiger partial charge in [0.15, 0.2) is 0 Å². The van der Waals surface area contributed by atoms with Crippen LogP contribution in [0.5, 0.6) is 5.88 Å². The van der Waals surface area contributed by atoms with E-state index in [0.717, 1.165) is 6.42 Å². The van der Waals surface area contributed by atoms with Crippen molar-refractivity contribution in [2.75, 3.05) is 18.0 Å². The first-order chi connectivity index (χ1) is 8.52. The summed E-state index contributed by atoms with van der Waals surface area (Å²) in [6.45, 7) is 6.35. The molecule has 1 aromatic heterocycles. The quantitative estimate of drug-likeness (QED) is 0.794. The molecule has 0 fully saturated rings. The molecule has 0 aliphatic rings. The summed E-state index contributed by atoms with van der Waals surface area (Å²) in [5.41, 5.74) is 0. The number of nitrogens with zero attached hydrogens (tertiary/aromatic N) is 3. The number of aromatic nitrogens is 2. The molecule has 1 heterocycles. The molecule has 100 valence electrons. The molecule has 0 radical (unpaired) electrons. The minimum atomic E-state index is -0.881. The molecule has 1 rings (SSSR count). The third kappa shape index (κ3) is 4.57.